The standard InChI is InChI=1S/C16H14ClN3O3/c1-23-14-4-2-11(17)6-10(14)7-18-12-3-5-15-19-8-13(16(21)22)20(15)9-12/h2-6,8-9,18H,7H2,1H3,(H,21,22). The molecule has 0 saturated heterocycles. The van der Waals surface area contributed by atoms with E-state index in [2.05, 4.69) is 10.3 Å². The number of carboxylic acid groups (broad SMARTS) is 1. The summed E-state index contributed by atoms with van der Waals surface area (Å²) in [5.41, 5.74) is 2.36. The summed E-state index contributed by atoms with van der Waals surface area (Å²) < 4.78 is 6.83. The predicted molar refractivity (Wildman–Crippen MR) is 87.5 cm³/mol. The quantitative estimate of drug-likeness (QED) is 0.750. The maximum atomic E-state index is 11.2. The molecule has 0 amide bonds. The molecule has 0 radical (unpaired) electrons. The van der Waals surface area contributed by atoms with Gasteiger partial charge in [-0.05, 0) is 30.3 Å². The van der Waals surface area contributed by atoms with Gasteiger partial charge in [-0.1, -0.05) is 11.6 Å². The van der Waals surface area contributed by atoms with Gasteiger partial charge in [-0.15, -0.1) is 0 Å². The van der Waals surface area contributed by atoms with E-state index in [4.69, 9.17) is 21.4 Å². The number of halogens is 1. The zero-order valence-corrected chi connectivity index (χ0v) is 13.0. The van der Waals surface area contributed by atoms with Crippen LogP contribution in [0.5, 0.6) is 5.75 Å². The van der Waals surface area contributed by atoms with Crippen LogP contribution >= 0.6 is 11.6 Å². The molecule has 2 aromatic heterocycles. The van der Waals surface area contributed by atoms with Crippen molar-refractivity contribution in [2.24, 2.45) is 0 Å². The van der Waals surface area contributed by atoms with E-state index < -0.39 is 5.97 Å². The van der Waals surface area contributed by atoms with Crippen LogP contribution in [0.2, 0.25) is 5.02 Å². The summed E-state index contributed by atoms with van der Waals surface area (Å²) >= 11 is 6.01. The number of nitrogens with one attached hydrogen (secondary N) is 1. The monoisotopic (exact) mass is 331 g/mol. The first kappa shape index (κ1) is 15.2. The number of methoxy groups -OCH3 is 1. The van der Waals surface area contributed by atoms with E-state index in [0.717, 1.165) is 17.0 Å². The second-order valence-corrected chi connectivity index (χ2v) is 5.34. The van der Waals surface area contributed by atoms with Crippen LogP contribution < -0.4 is 10.1 Å². The molecule has 0 unspecified atom stereocenters. The van der Waals surface area contributed by atoms with E-state index in [9.17, 15) is 4.79 Å². The van der Waals surface area contributed by atoms with Crippen LogP contribution in [0.1, 0.15) is 16.1 Å². The van der Waals surface area contributed by atoms with Crippen molar-refractivity contribution < 1.29 is 14.6 Å². The van der Waals surface area contributed by atoms with E-state index >= 15 is 0 Å². The summed E-state index contributed by atoms with van der Waals surface area (Å²) in [4.78, 5) is 15.2. The molecule has 0 spiro atoms. The first-order chi connectivity index (χ1) is 11.1. The molecule has 1 aromatic carbocycles. The van der Waals surface area contributed by atoms with Gasteiger partial charge in [0, 0.05) is 23.3 Å². The molecule has 3 rings (SSSR count). The van der Waals surface area contributed by atoms with Gasteiger partial charge in [0.05, 0.1) is 19.0 Å². The summed E-state index contributed by atoms with van der Waals surface area (Å²) in [6.45, 7) is 0.492. The largest absolute Gasteiger partial charge is 0.496 e. The summed E-state index contributed by atoms with van der Waals surface area (Å²) in [6, 6.07) is 8.99. The molecule has 0 aliphatic carbocycles. The van der Waals surface area contributed by atoms with Crippen LogP contribution in [-0.4, -0.2) is 27.6 Å². The average Bonchev–Trinajstić information content (AvgIpc) is 2.96. The Morgan fingerprint density at radius 3 is 2.96 bits per heavy atom. The summed E-state index contributed by atoms with van der Waals surface area (Å²) in [7, 11) is 1.60. The van der Waals surface area contributed by atoms with Gasteiger partial charge in [-0.3, -0.25) is 4.40 Å². The molecule has 0 atom stereocenters. The fraction of sp³-hybridized carbons (Fsp3) is 0.125. The normalized spacial score (nSPS) is 10.7. The molecule has 0 aliphatic heterocycles. The zero-order chi connectivity index (χ0) is 16.4. The molecule has 2 N–H and O–H groups in total. The number of aromatic carboxylic acids is 1. The van der Waals surface area contributed by atoms with E-state index in [0.29, 0.717) is 17.2 Å². The van der Waals surface area contributed by atoms with E-state index in [1.165, 1.54) is 10.6 Å². The number of pyridine rings is 1. The first-order valence-corrected chi connectivity index (χ1v) is 7.23. The van der Waals surface area contributed by atoms with E-state index in [1.807, 2.05) is 12.1 Å². The smallest absolute Gasteiger partial charge is 0.354 e. The van der Waals surface area contributed by atoms with Gasteiger partial charge < -0.3 is 15.2 Å². The van der Waals surface area contributed by atoms with E-state index in [-0.39, 0.29) is 5.69 Å². The van der Waals surface area contributed by atoms with Crippen LogP contribution in [0.3, 0.4) is 0 Å². The second kappa shape index (κ2) is 6.18. The molecule has 0 bridgehead atoms. The Bertz CT molecular complexity index is 876. The molecule has 0 aliphatic rings. The molecule has 3 aromatic rings. The Kier molecular flexibility index (Phi) is 4.08. The lowest BCUT2D eigenvalue weighted by atomic mass is 10.2. The molecular weight excluding hydrogens is 318 g/mol. The van der Waals surface area contributed by atoms with Crippen molar-refractivity contribution in [3.8, 4) is 5.75 Å². The summed E-state index contributed by atoms with van der Waals surface area (Å²) in [5, 5.41) is 13.0. The number of ether oxygens (including phenoxy) is 1. The lowest BCUT2D eigenvalue weighted by Crippen LogP contribution is -2.05. The fourth-order valence-electron chi connectivity index (χ4n) is 2.33. The molecular formula is C16H14ClN3O3. The van der Waals surface area contributed by atoms with Crippen molar-refractivity contribution in [2.75, 3.05) is 12.4 Å². The van der Waals surface area contributed by atoms with Crippen LogP contribution in [0.15, 0.2) is 42.7 Å². The molecule has 0 saturated carbocycles. The Labute approximate surface area is 137 Å². The molecule has 118 valence electrons. The number of nitrogens with zero attached hydrogens (tertiary/aromatic N) is 2. The highest BCUT2D eigenvalue weighted by atomic mass is 35.5. The SMILES string of the molecule is COc1ccc(Cl)cc1CNc1ccc2ncc(C(=O)O)n2c1. The number of fused-ring (bicyclic) bond motifs is 1. The van der Waals surface area contributed by atoms with Gasteiger partial charge in [-0.25, -0.2) is 9.78 Å². The predicted octanol–water partition coefficient (Wildman–Crippen LogP) is 3.31. The minimum absolute atomic E-state index is 0.115. The first-order valence-electron chi connectivity index (χ1n) is 6.85. The molecule has 0 fully saturated rings. The van der Waals surface area contributed by atoms with E-state index in [1.54, 1.807) is 31.5 Å². The maximum absolute atomic E-state index is 11.2. The Hall–Kier alpha value is -2.73. The highest BCUT2D eigenvalue weighted by Crippen LogP contribution is 2.24. The second-order valence-electron chi connectivity index (χ2n) is 4.90. The number of hydrogen-bond acceptors (Lipinski definition) is 4. The van der Waals surface area contributed by atoms with Crippen molar-refractivity contribution >= 4 is 28.9 Å². The van der Waals surface area contributed by atoms with Crippen LogP contribution in [-0.2, 0) is 6.54 Å². The average molecular weight is 332 g/mol. The molecule has 23 heavy (non-hydrogen) atoms. The number of carboxylic acids is 1. The number of benzene rings is 1. The van der Waals surface area contributed by atoms with Crippen LogP contribution in [0, 0.1) is 0 Å². The Morgan fingerprint density at radius 1 is 1.39 bits per heavy atom. The number of anilines is 1. The van der Waals surface area contributed by atoms with Crippen molar-refractivity contribution in [2.45, 2.75) is 6.54 Å². The minimum Gasteiger partial charge on any atom is -0.496 e. The number of carbonyl (C=O) groups is 1. The van der Waals surface area contributed by atoms with Gasteiger partial charge in [0.25, 0.3) is 0 Å². The third-order valence-corrected chi connectivity index (χ3v) is 3.69. The van der Waals surface area contributed by atoms with Gasteiger partial charge in [-0.2, -0.15) is 0 Å². The lowest BCUT2D eigenvalue weighted by Gasteiger charge is -2.11. The van der Waals surface area contributed by atoms with Crippen LogP contribution in [0.4, 0.5) is 5.69 Å². The minimum atomic E-state index is -1.02. The zero-order valence-electron chi connectivity index (χ0n) is 12.3. The van der Waals surface area contributed by atoms with Gasteiger partial charge in [0.1, 0.15) is 11.4 Å². The Morgan fingerprint density at radius 2 is 2.22 bits per heavy atom. The van der Waals surface area contributed by atoms with Crippen molar-refractivity contribution in [3.63, 3.8) is 0 Å². The number of imidazole rings is 1. The lowest BCUT2D eigenvalue weighted by molar-refractivity contribution is 0.0689. The Balaban J connectivity index is 1.86. The third-order valence-electron chi connectivity index (χ3n) is 3.45. The highest BCUT2D eigenvalue weighted by Gasteiger charge is 2.10. The summed E-state index contributed by atoms with van der Waals surface area (Å²) in [5.74, 6) is -0.289. The number of hydrogen-bond donors (Lipinski definition) is 2. The highest BCUT2D eigenvalue weighted by molar-refractivity contribution is 6.30. The topological polar surface area (TPSA) is 75.9 Å². The van der Waals surface area contributed by atoms with Gasteiger partial charge in [0.15, 0.2) is 5.69 Å². The maximum Gasteiger partial charge on any atom is 0.354 e. The number of aromatic nitrogens is 2. The molecule has 2 heterocycles. The molecule has 7 heteroatoms. The van der Waals surface area contributed by atoms with Gasteiger partial charge >= 0.3 is 5.97 Å². The molecule has 6 nitrogen and oxygen atoms in total. The van der Waals surface area contributed by atoms with Crippen LogP contribution in [0.25, 0.3) is 5.65 Å². The van der Waals surface area contributed by atoms with Gasteiger partial charge in [0.2, 0.25) is 0 Å². The van der Waals surface area contributed by atoms with Crippen molar-refractivity contribution in [1.29, 1.82) is 0 Å². The number of rotatable bonds is 5. The van der Waals surface area contributed by atoms with Crippen molar-refractivity contribution in [3.05, 3.63) is 59.0 Å². The van der Waals surface area contributed by atoms with Crippen molar-refractivity contribution in [1.82, 2.24) is 9.38 Å². The third kappa shape index (κ3) is 3.07. The fourth-order valence-corrected chi connectivity index (χ4v) is 2.52. The summed E-state index contributed by atoms with van der Waals surface area (Å²) in [6.07, 6.45) is 3.03.